The van der Waals surface area contributed by atoms with Crippen LogP contribution in [0.4, 0.5) is 20.2 Å². The number of aromatic nitrogens is 1. The first-order valence-corrected chi connectivity index (χ1v) is 12.0. The minimum atomic E-state index is -3.98. The Bertz CT molecular complexity index is 1450. The standard InChI is InChI=1S/C26H21F2N3O3S/c1-30(22-10-3-2-4-11-22)35(33,34)23-12-7-8-19(16-23)26(32)31(18-21-9-5-6-15-29-21)25-14-13-20(27)17-24(25)28/h2-17H,18H2,1H3. The number of carbonyl (C=O) groups is 1. The van der Waals surface area contributed by atoms with E-state index in [-0.39, 0.29) is 22.7 Å². The van der Waals surface area contributed by atoms with Crippen molar-refractivity contribution in [2.75, 3.05) is 16.3 Å². The Morgan fingerprint density at radius 2 is 1.63 bits per heavy atom. The molecule has 1 heterocycles. The molecule has 0 N–H and O–H groups in total. The molecule has 4 rings (SSSR count). The molecular formula is C26H21F2N3O3S. The summed E-state index contributed by atoms with van der Waals surface area (Å²) in [6, 6.07) is 22.0. The van der Waals surface area contributed by atoms with Crippen molar-refractivity contribution in [2.45, 2.75) is 11.4 Å². The smallest absolute Gasteiger partial charge is 0.264 e. The molecule has 178 valence electrons. The second-order valence-electron chi connectivity index (χ2n) is 7.64. The summed E-state index contributed by atoms with van der Waals surface area (Å²) in [7, 11) is -2.57. The third-order valence-electron chi connectivity index (χ3n) is 5.35. The number of benzene rings is 3. The van der Waals surface area contributed by atoms with Gasteiger partial charge < -0.3 is 0 Å². The molecule has 0 spiro atoms. The van der Waals surface area contributed by atoms with Crippen molar-refractivity contribution in [3.8, 4) is 0 Å². The third-order valence-corrected chi connectivity index (χ3v) is 7.13. The van der Waals surface area contributed by atoms with Gasteiger partial charge in [0, 0.05) is 24.9 Å². The summed E-state index contributed by atoms with van der Waals surface area (Å²) < 4.78 is 55.8. The van der Waals surface area contributed by atoms with Crippen LogP contribution in [0.1, 0.15) is 16.1 Å². The highest BCUT2D eigenvalue weighted by atomic mass is 32.2. The predicted octanol–water partition coefficient (Wildman–Crippen LogP) is 5.03. The van der Waals surface area contributed by atoms with Gasteiger partial charge in [0.15, 0.2) is 0 Å². The molecule has 0 aliphatic carbocycles. The molecule has 0 aliphatic heterocycles. The Kier molecular flexibility index (Phi) is 6.88. The summed E-state index contributed by atoms with van der Waals surface area (Å²) in [6.07, 6.45) is 1.53. The molecule has 3 aromatic carbocycles. The van der Waals surface area contributed by atoms with Gasteiger partial charge in [-0.3, -0.25) is 19.0 Å². The molecule has 0 saturated carbocycles. The fraction of sp³-hybridized carbons (Fsp3) is 0.0769. The van der Waals surface area contributed by atoms with Gasteiger partial charge in [-0.25, -0.2) is 17.2 Å². The fourth-order valence-corrected chi connectivity index (χ4v) is 4.74. The molecule has 6 nitrogen and oxygen atoms in total. The minimum absolute atomic E-state index is 0.0205. The van der Waals surface area contributed by atoms with Crippen LogP contribution in [0.5, 0.6) is 0 Å². The van der Waals surface area contributed by atoms with Crippen LogP contribution in [-0.4, -0.2) is 26.4 Å². The Morgan fingerprint density at radius 1 is 0.886 bits per heavy atom. The lowest BCUT2D eigenvalue weighted by atomic mass is 10.1. The summed E-state index contributed by atoms with van der Waals surface area (Å²) in [6.45, 7) is -0.108. The number of amides is 1. The zero-order valence-corrected chi connectivity index (χ0v) is 19.5. The van der Waals surface area contributed by atoms with E-state index in [1.165, 1.54) is 37.5 Å². The Balaban J connectivity index is 1.73. The summed E-state index contributed by atoms with van der Waals surface area (Å²) >= 11 is 0. The molecule has 0 atom stereocenters. The molecule has 0 radical (unpaired) electrons. The quantitative estimate of drug-likeness (QED) is 0.362. The molecule has 0 fully saturated rings. The first-order valence-electron chi connectivity index (χ1n) is 10.6. The average Bonchev–Trinajstić information content (AvgIpc) is 2.88. The van der Waals surface area contributed by atoms with Crippen LogP contribution in [0, 0.1) is 11.6 Å². The van der Waals surface area contributed by atoms with Gasteiger partial charge in [0.2, 0.25) is 0 Å². The normalized spacial score (nSPS) is 11.2. The van der Waals surface area contributed by atoms with Crippen LogP contribution in [0.15, 0.2) is 102 Å². The van der Waals surface area contributed by atoms with Gasteiger partial charge in [0.05, 0.1) is 28.5 Å². The zero-order valence-electron chi connectivity index (χ0n) is 18.7. The number of halogens is 2. The van der Waals surface area contributed by atoms with Gasteiger partial charge >= 0.3 is 0 Å². The van der Waals surface area contributed by atoms with Crippen molar-refractivity contribution in [3.05, 3.63) is 120 Å². The average molecular weight is 494 g/mol. The van der Waals surface area contributed by atoms with Crippen molar-refractivity contribution in [3.63, 3.8) is 0 Å². The summed E-state index contributed by atoms with van der Waals surface area (Å²) in [4.78, 5) is 18.7. The molecule has 0 saturated heterocycles. The van der Waals surface area contributed by atoms with Crippen molar-refractivity contribution in [2.24, 2.45) is 0 Å². The van der Waals surface area contributed by atoms with E-state index in [4.69, 9.17) is 0 Å². The van der Waals surface area contributed by atoms with Gasteiger partial charge in [0.1, 0.15) is 11.6 Å². The predicted molar refractivity (Wildman–Crippen MR) is 130 cm³/mol. The SMILES string of the molecule is CN(c1ccccc1)S(=O)(=O)c1cccc(C(=O)N(Cc2ccccn2)c2ccc(F)cc2F)c1. The number of sulfonamides is 1. The van der Waals surface area contributed by atoms with Crippen molar-refractivity contribution in [1.29, 1.82) is 0 Å². The highest BCUT2D eigenvalue weighted by molar-refractivity contribution is 7.92. The minimum Gasteiger partial charge on any atom is -0.299 e. The van der Waals surface area contributed by atoms with E-state index in [1.807, 2.05) is 0 Å². The molecule has 0 unspecified atom stereocenters. The molecular weight excluding hydrogens is 472 g/mol. The number of pyridine rings is 1. The lowest BCUT2D eigenvalue weighted by Gasteiger charge is -2.24. The summed E-state index contributed by atoms with van der Waals surface area (Å²) in [5.41, 5.74) is 0.787. The van der Waals surface area contributed by atoms with Crippen LogP contribution in [0.2, 0.25) is 0 Å². The van der Waals surface area contributed by atoms with E-state index in [0.29, 0.717) is 17.4 Å². The molecule has 0 bridgehead atoms. The molecule has 35 heavy (non-hydrogen) atoms. The van der Waals surface area contributed by atoms with E-state index in [1.54, 1.807) is 48.5 Å². The molecule has 9 heteroatoms. The van der Waals surface area contributed by atoms with Gasteiger partial charge in [-0.2, -0.15) is 0 Å². The van der Waals surface area contributed by atoms with Crippen LogP contribution in [-0.2, 0) is 16.6 Å². The first kappa shape index (κ1) is 24.0. The second kappa shape index (κ2) is 10.0. The van der Waals surface area contributed by atoms with Crippen molar-refractivity contribution >= 4 is 27.3 Å². The highest BCUT2D eigenvalue weighted by Crippen LogP contribution is 2.26. The molecule has 1 aromatic heterocycles. The van der Waals surface area contributed by atoms with Gasteiger partial charge in [-0.15, -0.1) is 0 Å². The number of para-hydroxylation sites is 1. The fourth-order valence-electron chi connectivity index (χ4n) is 3.50. The number of hydrogen-bond donors (Lipinski definition) is 0. The van der Waals surface area contributed by atoms with Gasteiger partial charge in [-0.05, 0) is 54.6 Å². The number of hydrogen-bond acceptors (Lipinski definition) is 4. The summed E-state index contributed by atoms with van der Waals surface area (Å²) in [5, 5.41) is 0. The van der Waals surface area contributed by atoms with Gasteiger partial charge in [-0.1, -0.05) is 30.3 Å². The van der Waals surface area contributed by atoms with E-state index in [0.717, 1.165) is 21.3 Å². The monoisotopic (exact) mass is 493 g/mol. The van der Waals surface area contributed by atoms with Crippen LogP contribution < -0.4 is 9.21 Å². The number of anilines is 2. The first-order chi connectivity index (χ1) is 16.8. The van der Waals surface area contributed by atoms with E-state index < -0.39 is 27.6 Å². The maximum Gasteiger partial charge on any atom is 0.264 e. The second-order valence-corrected chi connectivity index (χ2v) is 9.61. The third kappa shape index (κ3) is 5.20. The highest BCUT2D eigenvalue weighted by Gasteiger charge is 2.26. The summed E-state index contributed by atoms with van der Waals surface area (Å²) in [5.74, 6) is -2.38. The molecule has 4 aromatic rings. The maximum absolute atomic E-state index is 14.7. The molecule has 0 aliphatic rings. The Morgan fingerprint density at radius 3 is 2.31 bits per heavy atom. The topological polar surface area (TPSA) is 70.6 Å². The van der Waals surface area contributed by atoms with Crippen molar-refractivity contribution < 1.29 is 22.0 Å². The van der Waals surface area contributed by atoms with E-state index >= 15 is 0 Å². The Hall–Kier alpha value is -4.11. The van der Waals surface area contributed by atoms with Crippen LogP contribution >= 0.6 is 0 Å². The maximum atomic E-state index is 14.7. The number of nitrogens with zero attached hydrogens (tertiary/aromatic N) is 3. The van der Waals surface area contributed by atoms with Crippen LogP contribution in [0.3, 0.4) is 0 Å². The van der Waals surface area contributed by atoms with Crippen molar-refractivity contribution in [1.82, 2.24) is 4.98 Å². The van der Waals surface area contributed by atoms with E-state index in [9.17, 15) is 22.0 Å². The Labute approximate surface area is 202 Å². The zero-order chi connectivity index (χ0) is 25.0. The van der Waals surface area contributed by atoms with Gasteiger partial charge in [0.25, 0.3) is 15.9 Å². The largest absolute Gasteiger partial charge is 0.299 e. The lowest BCUT2D eigenvalue weighted by molar-refractivity contribution is 0.0983. The number of carbonyl (C=O) groups excluding carboxylic acids is 1. The van der Waals surface area contributed by atoms with E-state index in [2.05, 4.69) is 4.98 Å². The lowest BCUT2D eigenvalue weighted by Crippen LogP contribution is -2.32. The molecule has 1 amide bonds. The number of rotatable bonds is 7. The van der Waals surface area contributed by atoms with Crippen LogP contribution in [0.25, 0.3) is 0 Å².